The fraction of sp³-hybridized carbons (Fsp3) is 0.211. The van der Waals surface area contributed by atoms with E-state index >= 15 is 0 Å². The van der Waals surface area contributed by atoms with Gasteiger partial charge in [-0.05, 0) is 56.2 Å². The minimum atomic E-state index is -0.834. The summed E-state index contributed by atoms with van der Waals surface area (Å²) in [6, 6.07) is 10.6. The van der Waals surface area contributed by atoms with Crippen molar-refractivity contribution in [2.45, 2.75) is 6.10 Å². The molecule has 10 nitrogen and oxygen atoms in total. The molecular weight excluding hydrogens is 456 g/mol. The predicted octanol–water partition coefficient (Wildman–Crippen LogP) is 2.28. The van der Waals surface area contributed by atoms with Gasteiger partial charge in [-0.2, -0.15) is 5.10 Å². The van der Waals surface area contributed by atoms with Crippen LogP contribution in [0.4, 0.5) is 0 Å². The normalized spacial score (nSPS) is 12.0. The van der Waals surface area contributed by atoms with Gasteiger partial charge in [0.1, 0.15) is 22.3 Å². The summed E-state index contributed by atoms with van der Waals surface area (Å²) in [5.74, 6) is 0.749. The fourth-order valence-corrected chi connectivity index (χ4v) is 3.22. The molecule has 1 N–H and O–H groups in total. The SMILES string of the molecule is COc1cc(/C=N/NC(=O)C(OC)c2ccc(-n3cnnn3)cc2)cc(OC)c1Br. The summed E-state index contributed by atoms with van der Waals surface area (Å²) in [6.07, 6.45) is 2.14. The molecule has 2 aromatic carbocycles. The number of methoxy groups -OCH3 is 3. The summed E-state index contributed by atoms with van der Waals surface area (Å²) in [6.45, 7) is 0. The molecule has 0 saturated heterocycles. The molecule has 0 fully saturated rings. The minimum absolute atomic E-state index is 0.417. The monoisotopic (exact) mass is 474 g/mol. The Bertz CT molecular complexity index is 999. The van der Waals surface area contributed by atoms with E-state index in [9.17, 15) is 4.79 Å². The van der Waals surface area contributed by atoms with Crippen LogP contribution in [-0.4, -0.2) is 53.7 Å². The minimum Gasteiger partial charge on any atom is -0.495 e. The van der Waals surface area contributed by atoms with Gasteiger partial charge in [-0.1, -0.05) is 12.1 Å². The number of ether oxygens (including phenoxy) is 3. The first kappa shape index (κ1) is 21.4. The number of benzene rings is 2. The van der Waals surface area contributed by atoms with Crippen LogP contribution in [0, 0.1) is 0 Å². The van der Waals surface area contributed by atoms with Gasteiger partial charge in [-0.15, -0.1) is 5.10 Å². The van der Waals surface area contributed by atoms with E-state index in [0.717, 1.165) is 5.69 Å². The van der Waals surface area contributed by atoms with Crippen LogP contribution in [0.2, 0.25) is 0 Å². The zero-order valence-corrected chi connectivity index (χ0v) is 18.0. The molecule has 3 aromatic rings. The highest BCUT2D eigenvalue weighted by atomic mass is 79.9. The Hall–Kier alpha value is -3.31. The number of nitrogens with zero attached hydrogens (tertiary/aromatic N) is 5. The number of hydrazone groups is 1. The number of hydrogen-bond donors (Lipinski definition) is 1. The Morgan fingerprint density at radius 3 is 2.37 bits per heavy atom. The number of amides is 1. The first-order valence-corrected chi connectivity index (χ1v) is 9.47. The number of halogens is 1. The number of aromatic nitrogens is 4. The molecule has 11 heteroatoms. The van der Waals surface area contributed by atoms with E-state index in [-0.39, 0.29) is 0 Å². The number of carbonyl (C=O) groups excluding carboxylic acids is 1. The van der Waals surface area contributed by atoms with Crippen molar-refractivity contribution < 1.29 is 19.0 Å². The van der Waals surface area contributed by atoms with Gasteiger partial charge >= 0.3 is 0 Å². The Labute approximate surface area is 181 Å². The molecule has 0 radical (unpaired) electrons. The van der Waals surface area contributed by atoms with Gasteiger partial charge < -0.3 is 14.2 Å². The average molecular weight is 475 g/mol. The lowest BCUT2D eigenvalue weighted by atomic mass is 10.1. The van der Waals surface area contributed by atoms with Crippen molar-refractivity contribution in [3.05, 3.63) is 58.3 Å². The second kappa shape index (κ2) is 9.94. The van der Waals surface area contributed by atoms with E-state index in [4.69, 9.17) is 14.2 Å². The van der Waals surface area contributed by atoms with Crippen LogP contribution in [0.15, 0.2) is 52.3 Å². The second-order valence-electron chi connectivity index (χ2n) is 5.94. The zero-order chi connectivity index (χ0) is 21.5. The molecule has 0 spiro atoms. The Morgan fingerprint density at radius 2 is 1.83 bits per heavy atom. The summed E-state index contributed by atoms with van der Waals surface area (Å²) >= 11 is 3.41. The molecule has 0 aliphatic carbocycles. The van der Waals surface area contributed by atoms with Crippen LogP contribution < -0.4 is 14.9 Å². The highest BCUT2D eigenvalue weighted by molar-refractivity contribution is 9.10. The van der Waals surface area contributed by atoms with Crippen LogP contribution in [0.1, 0.15) is 17.2 Å². The standard InChI is InChI=1S/C19H19BrN6O4/c1-28-15-8-12(9-16(29-2)17(15)20)10-21-23-19(27)18(30-3)13-4-6-14(7-5-13)26-11-22-24-25-26/h4-11,18H,1-3H3,(H,23,27)/b21-10+. The van der Waals surface area contributed by atoms with Gasteiger partial charge in [0.15, 0.2) is 6.10 Å². The van der Waals surface area contributed by atoms with Gasteiger partial charge in [-0.3, -0.25) is 4.79 Å². The van der Waals surface area contributed by atoms with Crippen molar-refractivity contribution in [1.29, 1.82) is 0 Å². The van der Waals surface area contributed by atoms with E-state index in [1.54, 1.807) is 50.6 Å². The molecule has 1 amide bonds. The van der Waals surface area contributed by atoms with Gasteiger partial charge in [0.25, 0.3) is 5.91 Å². The highest BCUT2D eigenvalue weighted by Gasteiger charge is 2.20. The topological polar surface area (TPSA) is 113 Å². The Balaban J connectivity index is 1.70. The third kappa shape index (κ3) is 4.81. The predicted molar refractivity (Wildman–Crippen MR) is 112 cm³/mol. The summed E-state index contributed by atoms with van der Waals surface area (Å²) < 4.78 is 18.1. The second-order valence-corrected chi connectivity index (χ2v) is 6.73. The first-order chi connectivity index (χ1) is 14.6. The lowest BCUT2D eigenvalue weighted by molar-refractivity contribution is -0.131. The fourth-order valence-electron chi connectivity index (χ4n) is 2.67. The van der Waals surface area contributed by atoms with Gasteiger partial charge in [-0.25, -0.2) is 10.1 Å². The molecule has 3 rings (SSSR count). The number of rotatable bonds is 8. The average Bonchev–Trinajstić information content (AvgIpc) is 3.30. The van der Waals surface area contributed by atoms with Crippen LogP contribution in [-0.2, 0) is 9.53 Å². The van der Waals surface area contributed by atoms with Crippen LogP contribution >= 0.6 is 15.9 Å². The number of tetrazole rings is 1. The van der Waals surface area contributed by atoms with Crippen LogP contribution in [0.3, 0.4) is 0 Å². The molecule has 1 unspecified atom stereocenters. The van der Waals surface area contributed by atoms with Crippen molar-refractivity contribution in [3.63, 3.8) is 0 Å². The summed E-state index contributed by atoms with van der Waals surface area (Å²) in [5, 5.41) is 15.0. The first-order valence-electron chi connectivity index (χ1n) is 8.68. The van der Waals surface area contributed by atoms with Crippen molar-refractivity contribution in [1.82, 2.24) is 25.6 Å². The van der Waals surface area contributed by atoms with Crippen molar-refractivity contribution >= 4 is 28.1 Å². The molecule has 0 aliphatic rings. The van der Waals surface area contributed by atoms with Crippen LogP contribution in [0.25, 0.3) is 5.69 Å². The van der Waals surface area contributed by atoms with Gasteiger partial charge in [0.2, 0.25) is 0 Å². The van der Waals surface area contributed by atoms with E-state index in [1.807, 2.05) is 0 Å². The van der Waals surface area contributed by atoms with E-state index in [0.29, 0.717) is 27.1 Å². The maximum atomic E-state index is 12.5. The summed E-state index contributed by atoms with van der Waals surface area (Å²) in [7, 11) is 4.56. The molecule has 156 valence electrons. The van der Waals surface area contributed by atoms with E-state index in [1.165, 1.54) is 24.3 Å². The smallest absolute Gasteiger partial charge is 0.273 e. The maximum Gasteiger partial charge on any atom is 0.273 e. The van der Waals surface area contributed by atoms with Gasteiger partial charge in [0.05, 0.1) is 26.1 Å². The molecule has 0 aliphatic heterocycles. The largest absolute Gasteiger partial charge is 0.495 e. The lowest BCUT2D eigenvalue weighted by Crippen LogP contribution is -2.26. The molecule has 1 aromatic heterocycles. The van der Waals surface area contributed by atoms with Crippen molar-refractivity contribution in [2.24, 2.45) is 5.10 Å². The zero-order valence-electron chi connectivity index (χ0n) is 16.4. The molecule has 0 saturated carbocycles. The third-order valence-corrected chi connectivity index (χ3v) is 4.92. The number of hydrogen-bond acceptors (Lipinski definition) is 8. The third-order valence-electron chi connectivity index (χ3n) is 4.14. The van der Waals surface area contributed by atoms with Gasteiger partial charge in [0, 0.05) is 12.7 Å². The van der Waals surface area contributed by atoms with Crippen molar-refractivity contribution in [3.8, 4) is 17.2 Å². The molecule has 30 heavy (non-hydrogen) atoms. The molecule has 1 heterocycles. The summed E-state index contributed by atoms with van der Waals surface area (Å²) in [5.41, 5.74) is 4.59. The lowest BCUT2D eigenvalue weighted by Gasteiger charge is -2.14. The van der Waals surface area contributed by atoms with Crippen molar-refractivity contribution in [2.75, 3.05) is 21.3 Å². The van der Waals surface area contributed by atoms with E-state index < -0.39 is 12.0 Å². The summed E-state index contributed by atoms with van der Waals surface area (Å²) in [4.78, 5) is 12.5. The quantitative estimate of drug-likeness (QED) is 0.393. The number of nitrogens with one attached hydrogen (secondary N) is 1. The maximum absolute atomic E-state index is 12.5. The molecular formula is C19H19BrN6O4. The number of carbonyl (C=O) groups is 1. The molecule has 0 bridgehead atoms. The highest BCUT2D eigenvalue weighted by Crippen LogP contribution is 2.35. The molecule has 1 atom stereocenters. The van der Waals surface area contributed by atoms with Crippen LogP contribution in [0.5, 0.6) is 11.5 Å². The Kier molecular flexibility index (Phi) is 7.09. The van der Waals surface area contributed by atoms with E-state index in [2.05, 4.69) is 42.0 Å². The Morgan fingerprint density at radius 1 is 1.17 bits per heavy atom.